The lowest BCUT2D eigenvalue weighted by atomic mass is 9.75. The van der Waals surface area contributed by atoms with Gasteiger partial charge in [0, 0.05) is 42.7 Å². The van der Waals surface area contributed by atoms with Crippen molar-refractivity contribution in [3.05, 3.63) is 28.5 Å². The van der Waals surface area contributed by atoms with E-state index < -0.39 is 0 Å². The summed E-state index contributed by atoms with van der Waals surface area (Å²) < 4.78 is 6.60. The van der Waals surface area contributed by atoms with Crippen LogP contribution in [-0.4, -0.2) is 30.8 Å². The van der Waals surface area contributed by atoms with Crippen LogP contribution < -0.4 is 5.32 Å². The van der Waals surface area contributed by atoms with Gasteiger partial charge in [-0.3, -0.25) is 4.98 Å². The maximum atomic E-state index is 5.54. The van der Waals surface area contributed by atoms with Gasteiger partial charge in [0.05, 0.1) is 0 Å². The van der Waals surface area contributed by atoms with E-state index in [0.717, 1.165) is 43.5 Å². The molecule has 0 radical (unpaired) electrons. The standard InChI is InChI=1S/C15H23BrN2O/c1-12(2)18-11-15(3-5-19-6-4-15)8-13-7-14(16)10-17-9-13/h7,9-10,12,18H,3-6,8,11H2,1-2H3. The van der Waals surface area contributed by atoms with Crippen molar-refractivity contribution in [2.24, 2.45) is 5.41 Å². The van der Waals surface area contributed by atoms with E-state index in [0.29, 0.717) is 11.5 Å². The third-order valence-electron chi connectivity index (χ3n) is 3.78. The number of aromatic nitrogens is 1. The first-order valence-corrected chi connectivity index (χ1v) is 7.80. The van der Waals surface area contributed by atoms with E-state index in [1.54, 1.807) is 0 Å². The van der Waals surface area contributed by atoms with Crippen LogP contribution in [0.25, 0.3) is 0 Å². The molecule has 1 N–H and O–H groups in total. The minimum Gasteiger partial charge on any atom is -0.381 e. The van der Waals surface area contributed by atoms with Crippen molar-refractivity contribution in [1.82, 2.24) is 10.3 Å². The highest BCUT2D eigenvalue weighted by Crippen LogP contribution is 2.34. The molecule has 0 unspecified atom stereocenters. The zero-order valence-corrected chi connectivity index (χ0v) is 13.4. The predicted octanol–water partition coefficient (Wildman–Crippen LogP) is 3.18. The highest BCUT2D eigenvalue weighted by Gasteiger charge is 2.32. The average Bonchev–Trinajstić information content (AvgIpc) is 2.38. The molecule has 1 aliphatic heterocycles. The number of rotatable bonds is 5. The molecular weight excluding hydrogens is 304 g/mol. The fourth-order valence-corrected chi connectivity index (χ4v) is 3.04. The summed E-state index contributed by atoms with van der Waals surface area (Å²) in [5.41, 5.74) is 1.62. The number of pyridine rings is 1. The molecule has 1 saturated heterocycles. The summed E-state index contributed by atoms with van der Waals surface area (Å²) in [5, 5.41) is 3.60. The number of halogens is 1. The van der Waals surface area contributed by atoms with E-state index in [4.69, 9.17) is 4.74 Å². The van der Waals surface area contributed by atoms with Gasteiger partial charge in [0.2, 0.25) is 0 Å². The Morgan fingerprint density at radius 1 is 1.37 bits per heavy atom. The smallest absolute Gasteiger partial charge is 0.0471 e. The zero-order chi connectivity index (χ0) is 13.7. The van der Waals surface area contributed by atoms with Crippen LogP contribution in [0, 0.1) is 5.41 Å². The third kappa shape index (κ3) is 4.55. The van der Waals surface area contributed by atoms with E-state index in [1.807, 2.05) is 12.4 Å². The van der Waals surface area contributed by atoms with Crippen molar-refractivity contribution in [3.63, 3.8) is 0 Å². The van der Waals surface area contributed by atoms with Gasteiger partial charge in [0.25, 0.3) is 0 Å². The molecule has 0 aliphatic carbocycles. The van der Waals surface area contributed by atoms with Gasteiger partial charge in [0.1, 0.15) is 0 Å². The van der Waals surface area contributed by atoms with Gasteiger partial charge >= 0.3 is 0 Å². The number of nitrogens with zero attached hydrogens (tertiary/aromatic N) is 1. The largest absolute Gasteiger partial charge is 0.381 e. The fourth-order valence-electron chi connectivity index (χ4n) is 2.63. The lowest BCUT2D eigenvalue weighted by Gasteiger charge is -2.38. The zero-order valence-electron chi connectivity index (χ0n) is 11.8. The summed E-state index contributed by atoms with van der Waals surface area (Å²) in [6.45, 7) is 7.21. The Morgan fingerprint density at radius 2 is 2.11 bits per heavy atom. The van der Waals surface area contributed by atoms with Crippen molar-refractivity contribution < 1.29 is 4.74 Å². The van der Waals surface area contributed by atoms with Crippen molar-refractivity contribution >= 4 is 15.9 Å². The van der Waals surface area contributed by atoms with E-state index >= 15 is 0 Å². The van der Waals surface area contributed by atoms with Gasteiger partial charge in [-0.05, 0) is 52.2 Å². The Bertz CT molecular complexity index is 403. The molecule has 0 bridgehead atoms. The maximum absolute atomic E-state index is 5.54. The highest BCUT2D eigenvalue weighted by atomic mass is 79.9. The van der Waals surface area contributed by atoms with E-state index in [9.17, 15) is 0 Å². The molecule has 4 heteroatoms. The van der Waals surface area contributed by atoms with E-state index in [1.165, 1.54) is 5.56 Å². The molecule has 106 valence electrons. The number of hydrogen-bond donors (Lipinski definition) is 1. The monoisotopic (exact) mass is 326 g/mol. The minimum atomic E-state index is 0.311. The molecule has 1 aromatic heterocycles. The lowest BCUT2D eigenvalue weighted by molar-refractivity contribution is 0.0140. The molecular formula is C15H23BrN2O. The van der Waals surface area contributed by atoms with E-state index in [2.05, 4.69) is 46.1 Å². The summed E-state index contributed by atoms with van der Waals surface area (Å²) in [6, 6.07) is 2.71. The topological polar surface area (TPSA) is 34.2 Å². The highest BCUT2D eigenvalue weighted by molar-refractivity contribution is 9.10. The van der Waals surface area contributed by atoms with Crippen LogP contribution in [0.5, 0.6) is 0 Å². The summed E-state index contributed by atoms with van der Waals surface area (Å²) in [6.07, 6.45) is 7.14. The van der Waals surface area contributed by atoms with Gasteiger partial charge in [-0.15, -0.1) is 0 Å². The first kappa shape index (κ1) is 14.9. The molecule has 2 rings (SSSR count). The molecule has 0 saturated carbocycles. The molecule has 1 fully saturated rings. The maximum Gasteiger partial charge on any atom is 0.0471 e. The number of nitrogens with one attached hydrogen (secondary N) is 1. The summed E-state index contributed by atoms with van der Waals surface area (Å²) in [5.74, 6) is 0. The Kier molecular flexibility index (Phi) is 5.37. The van der Waals surface area contributed by atoms with Gasteiger partial charge in [-0.1, -0.05) is 13.8 Å². The fraction of sp³-hybridized carbons (Fsp3) is 0.667. The summed E-state index contributed by atoms with van der Waals surface area (Å²) in [7, 11) is 0. The SMILES string of the molecule is CC(C)NCC1(Cc2cncc(Br)c2)CCOCC1. The lowest BCUT2D eigenvalue weighted by Crippen LogP contribution is -2.42. The van der Waals surface area contributed by atoms with Crippen LogP contribution in [0.3, 0.4) is 0 Å². The molecule has 3 nitrogen and oxygen atoms in total. The van der Waals surface area contributed by atoms with Crippen LogP contribution in [-0.2, 0) is 11.2 Å². The van der Waals surface area contributed by atoms with Gasteiger partial charge in [-0.25, -0.2) is 0 Å². The van der Waals surface area contributed by atoms with Crippen LogP contribution in [0.4, 0.5) is 0 Å². The number of ether oxygens (including phenoxy) is 1. The van der Waals surface area contributed by atoms with Crippen LogP contribution in [0.2, 0.25) is 0 Å². The second-order valence-corrected chi connectivity index (χ2v) is 6.75. The summed E-state index contributed by atoms with van der Waals surface area (Å²) in [4.78, 5) is 4.28. The summed E-state index contributed by atoms with van der Waals surface area (Å²) >= 11 is 3.50. The van der Waals surface area contributed by atoms with Crippen molar-refractivity contribution in [1.29, 1.82) is 0 Å². The van der Waals surface area contributed by atoms with Gasteiger partial charge in [0.15, 0.2) is 0 Å². The Morgan fingerprint density at radius 3 is 2.74 bits per heavy atom. The quantitative estimate of drug-likeness (QED) is 0.902. The Balaban J connectivity index is 2.08. The molecule has 0 amide bonds. The van der Waals surface area contributed by atoms with Crippen LogP contribution in [0.15, 0.2) is 22.9 Å². The minimum absolute atomic E-state index is 0.311. The number of hydrogen-bond acceptors (Lipinski definition) is 3. The molecule has 1 aliphatic rings. The average molecular weight is 327 g/mol. The molecule has 0 spiro atoms. The van der Waals surface area contributed by atoms with E-state index in [-0.39, 0.29) is 0 Å². The second kappa shape index (κ2) is 6.82. The first-order valence-electron chi connectivity index (χ1n) is 7.00. The Hall–Kier alpha value is -0.450. The third-order valence-corrected chi connectivity index (χ3v) is 4.21. The predicted molar refractivity (Wildman–Crippen MR) is 81.3 cm³/mol. The van der Waals surface area contributed by atoms with Gasteiger partial charge in [-0.2, -0.15) is 0 Å². The van der Waals surface area contributed by atoms with Crippen LogP contribution >= 0.6 is 15.9 Å². The molecule has 19 heavy (non-hydrogen) atoms. The van der Waals surface area contributed by atoms with Crippen molar-refractivity contribution in [2.45, 2.75) is 39.2 Å². The molecule has 0 aromatic carbocycles. The Labute approximate surface area is 124 Å². The second-order valence-electron chi connectivity index (χ2n) is 5.84. The van der Waals surface area contributed by atoms with Gasteiger partial charge < -0.3 is 10.1 Å². The van der Waals surface area contributed by atoms with Crippen molar-refractivity contribution in [3.8, 4) is 0 Å². The van der Waals surface area contributed by atoms with Crippen molar-refractivity contribution in [2.75, 3.05) is 19.8 Å². The molecule has 0 atom stereocenters. The molecule has 2 heterocycles. The van der Waals surface area contributed by atoms with Crippen LogP contribution in [0.1, 0.15) is 32.3 Å². The molecule has 1 aromatic rings. The normalized spacial score (nSPS) is 18.7. The first-order chi connectivity index (χ1) is 9.10.